The Kier molecular flexibility index (Phi) is 4.74. The van der Waals surface area contributed by atoms with Gasteiger partial charge in [-0.1, -0.05) is 25.2 Å². The Hall–Kier alpha value is -0.910. The second-order valence-corrected chi connectivity index (χ2v) is 5.73. The zero-order valence-corrected chi connectivity index (χ0v) is 12.0. The molecule has 0 saturated carbocycles. The normalized spacial score (nSPS) is 11.3. The first-order valence-electron chi connectivity index (χ1n) is 5.96. The van der Waals surface area contributed by atoms with Gasteiger partial charge in [0.05, 0.1) is 11.8 Å². The van der Waals surface area contributed by atoms with Gasteiger partial charge in [-0.3, -0.25) is 0 Å². The highest BCUT2D eigenvalue weighted by Crippen LogP contribution is 2.31. The Balaban J connectivity index is 1.89. The molecule has 0 aliphatic heterocycles. The molecule has 0 aliphatic rings. The van der Waals surface area contributed by atoms with Crippen LogP contribution in [0.25, 0.3) is 10.6 Å². The highest BCUT2D eigenvalue weighted by Gasteiger charge is 2.12. The fourth-order valence-electron chi connectivity index (χ4n) is 1.54. The summed E-state index contributed by atoms with van der Waals surface area (Å²) in [5.74, 6) is 0. The van der Waals surface area contributed by atoms with Crippen molar-refractivity contribution in [1.29, 1.82) is 0 Å². The SMILES string of the molecule is CC(C)NCCCc1nnc(-c2ccoc2Cl)s1. The highest BCUT2D eigenvalue weighted by atomic mass is 35.5. The molecule has 0 atom stereocenters. The summed E-state index contributed by atoms with van der Waals surface area (Å²) in [6.07, 6.45) is 3.56. The van der Waals surface area contributed by atoms with Gasteiger partial charge < -0.3 is 9.73 Å². The van der Waals surface area contributed by atoms with E-state index in [1.54, 1.807) is 17.6 Å². The number of nitrogens with one attached hydrogen (secondary N) is 1. The first kappa shape index (κ1) is 13.5. The maximum atomic E-state index is 5.91. The summed E-state index contributed by atoms with van der Waals surface area (Å²) < 4.78 is 5.05. The molecule has 2 rings (SSSR count). The molecule has 2 heterocycles. The third kappa shape index (κ3) is 3.54. The summed E-state index contributed by atoms with van der Waals surface area (Å²) in [6, 6.07) is 2.34. The van der Waals surface area contributed by atoms with E-state index in [9.17, 15) is 0 Å². The van der Waals surface area contributed by atoms with Crippen molar-refractivity contribution in [3.05, 3.63) is 22.6 Å². The minimum Gasteiger partial charge on any atom is -0.452 e. The molecule has 98 valence electrons. The number of hydrogen-bond donors (Lipinski definition) is 1. The first-order valence-corrected chi connectivity index (χ1v) is 7.15. The summed E-state index contributed by atoms with van der Waals surface area (Å²) in [7, 11) is 0. The Morgan fingerprint density at radius 3 is 2.94 bits per heavy atom. The zero-order chi connectivity index (χ0) is 13.0. The van der Waals surface area contributed by atoms with Crippen molar-refractivity contribution in [1.82, 2.24) is 15.5 Å². The Morgan fingerprint density at radius 1 is 1.44 bits per heavy atom. The Bertz CT molecular complexity index is 495. The fraction of sp³-hybridized carbons (Fsp3) is 0.500. The molecular weight excluding hydrogens is 270 g/mol. The molecule has 6 heteroatoms. The summed E-state index contributed by atoms with van der Waals surface area (Å²) in [4.78, 5) is 0. The van der Waals surface area contributed by atoms with Crippen LogP contribution in [0.4, 0.5) is 0 Å². The predicted molar refractivity (Wildman–Crippen MR) is 74.1 cm³/mol. The predicted octanol–water partition coefficient (Wildman–Crippen LogP) is 3.38. The summed E-state index contributed by atoms with van der Waals surface area (Å²) >= 11 is 7.48. The van der Waals surface area contributed by atoms with E-state index in [-0.39, 0.29) is 0 Å². The molecule has 2 aromatic heterocycles. The van der Waals surface area contributed by atoms with Crippen LogP contribution in [0, 0.1) is 0 Å². The van der Waals surface area contributed by atoms with Crippen molar-refractivity contribution in [2.45, 2.75) is 32.7 Å². The second-order valence-electron chi connectivity index (χ2n) is 4.32. The number of rotatable bonds is 6. The van der Waals surface area contributed by atoms with Gasteiger partial charge in [0.2, 0.25) is 5.22 Å². The maximum absolute atomic E-state index is 5.91. The highest BCUT2D eigenvalue weighted by molar-refractivity contribution is 7.14. The van der Waals surface area contributed by atoms with Crippen LogP contribution >= 0.6 is 22.9 Å². The lowest BCUT2D eigenvalue weighted by Gasteiger charge is -2.05. The summed E-state index contributed by atoms with van der Waals surface area (Å²) in [5, 5.41) is 13.9. The third-order valence-corrected chi connectivity index (χ3v) is 3.74. The average Bonchev–Trinajstić information content (AvgIpc) is 2.92. The van der Waals surface area contributed by atoms with Crippen molar-refractivity contribution in [3.63, 3.8) is 0 Å². The van der Waals surface area contributed by atoms with Gasteiger partial charge in [-0.15, -0.1) is 10.2 Å². The standard InChI is InChI=1S/C12H16ClN3OS/c1-8(2)14-6-3-4-10-15-16-12(18-10)9-5-7-17-11(9)13/h5,7-8,14H,3-4,6H2,1-2H3. The summed E-state index contributed by atoms with van der Waals surface area (Å²) in [5.41, 5.74) is 0.820. The van der Waals surface area contributed by atoms with Gasteiger partial charge in [-0.2, -0.15) is 0 Å². The molecule has 0 aromatic carbocycles. The minimum atomic E-state index is 0.374. The lowest BCUT2D eigenvalue weighted by Crippen LogP contribution is -2.23. The molecule has 0 amide bonds. The van der Waals surface area contributed by atoms with E-state index in [2.05, 4.69) is 29.4 Å². The Morgan fingerprint density at radius 2 is 2.28 bits per heavy atom. The number of nitrogens with zero attached hydrogens (tertiary/aromatic N) is 2. The largest absolute Gasteiger partial charge is 0.452 e. The third-order valence-electron chi connectivity index (χ3n) is 2.44. The zero-order valence-electron chi connectivity index (χ0n) is 10.4. The summed E-state index contributed by atoms with van der Waals surface area (Å²) in [6.45, 7) is 5.28. The number of aryl methyl sites for hydroxylation is 1. The number of hydrogen-bond acceptors (Lipinski definition) is 5. The molecule has 0 bridgehead atoms. The van der Waals surface area contributed by atoms with Crippen molar-refractivity contribution in [2.75, 3.05) is 6.54 Å². The number of furan rings is 1. The van der Waals surface area contributed by atoms with Crippen molar-refractivity contribution < 1.29 is 4.42 Å². The van der Waals surface area contributed by atoms with Crippen LogP contribution in [0.15, 0.2) is 16.7 Å². The van der Waals surface area contributed by atoms with Crippen LogP contribution in [-0.4, -0.2) is 22.8 Å². The van der Waals surface area contributed by atoms with E-state index >= 15 is 0 Å². The second kappa shape index (κ2) is 6.31. The molecule has 18 heavy (non-hydrogen) atoms. The minimum absolute atomic E-state index is 0.374. The van der Waals surface area contributed by atoms with E-state index < -0.39 is 0 Å². The lowest BCUT2D eigenvalue weighted by molar-refractivity contribution is 0.569. The van der Waals surface area contributed by atoms with Crippen LogP contribution in [-0.2, 0) is 6.42 Å². The molecular formula is C12H16ClN3OS. The van der Waals surface area contributed by atoms with Crippen LogP contribution < -0.4 is 5.32 Å². The average molecular weight is 286 g/mol. The molecule has 1 N–H and O–H groups in total. The number of aromatic nitrogens is 2. The lowest BCUT2D eigenvalue weighted by atomic mass is 10.3. The van der Waals surface area contributed by atoms with Crippen molar-refractivity contribution in [3.8, 4) is 10.6 Å². The van der Waals surface area contributed by atoms with E-state index in [1.165, 1.54) is 0 Å². The number of halogens is 1. The van der Waals surface area contributed by atoms with Crippen molar-refractivity contribution in [2.24, 2.45) is 0 Å². The monoisotopic (exact) mass is 285 g/mol. The van der Waals surface area contributed by atoms with Gasteiger partial charge in [0.25, 0.3) is 0 Å². The quantitative estimate of drug-likeness (QED) is 0.827. The van der Waals surface area contributed by atoms with Gasteiger partial charge in [0, 0.05) is 12.5 Å². The van der Waals surface area contributed by atoms with Gasteiger partial charge in [0.15, 0.2) is 5.01 Å². The van der Waals surface area contributed by atoms with Gasteiger partial charge in [-0.05, 0) is 30.6 Å². The van der Waals surface area contributed by atoms with Crippen LogP contribution in [0.5, 0.6) is 0 Å². The van der Waals surface area contributed by atoms with Gasteiger partial charge in [0.1, 0.15) is 5.01 Å². The molecule has 0 radical (unpaired) electrons. The van der Waals surface area contributed by atoms with Crippen LogP contribution in [0.2, 0.25) is 5.22 Å². The topological polar surface area (TPSA) is 51.0 Å². The molecule has 0 aliphatic carbocycles. The molecule has 0 unspecified atom stereocenters. The fourth-order valence-corrected chi connectivity index (χ4v) is 2.70. The molecule has 4 nitrogen and oxygen atoms in total. The van der Waals surface area contributed by atoms with Crippen LogP contribution in [0.1, 0.15) is 25.3 Å². The van der Waals surface area contributed by atoms with E-state index in [0.717, 1.165) is 35.0 Å². The van der Waals surface area contributed by atoms with Gasteiger partial charge in [-0.25, -0.2) is 0 Å². The first-order chi connectivity index (χ1) is 8.66. The van der Waals surface area contributed by atoms with Crippen molar-refractivity contribution >= 4 is 22.9 Å². The van der Waals surface area contributed by atoms with E-state index in [1.807, 2.05) is 6.07 Å². The molecule has 2 aromatic rings. The van der Waals surface area contributed by atoms with E-state index in [4.69, 9.17) is 16.0 Å². The van der Waals surface area contributed by atoms with E-state index in [0.29, 0.717) is 11.3 Å². The molecule has 0 spiro atoms. The molecule has 0 fully saturated rings. The van der Waals surface area contributed by atoms with Gasteiger partial charge >= 0.3 is 0 Å². The Labute approximate surface area is 115 Å². The molecule has 0 saturated heterocycles. The smallest absolute Gasteiger partial charge is 0.203 e. The maximum Gasteiger partial charge on any atom is 0.203 e. The van der Waals surface area contributed by atoms with Crippen LogP contribution in [0.3, 0.4) is 0 Å².